The predicted octanol–water partition coefficient (Wildman–Crippen LogP) is 1.40. The molecule has 0 atom stereocenters. The SMILES string of the molecule is CN1CCN(c2ccccc2)C1. The maximum atomic E-state index is 2.39. The molecule has 2 nitrogen and oxygen atoms in total. The molecular weight excluding hydrogens is 148 g/mol. The van der Waals surface area contributed by atoms with Crippen molar-refractivity contribution in [3.63, 3.8) is 0 Å². The first-order valence-electron chi connectivity index (χ1n) is 4.35. The highest BCUT2D eigenvalue weighted by molar-refractivity contribution is 5.46. The molecule has 0 spiro atoms. The summed E-state index contributed by atoms with van der Waals surface area (Å²) < 4.78 is 0. The van der Waals surface area contributed by atoms with Crippen LogP contribution in [0.5, 0.6) is 0 Å². The van der Waals surface area contributed by atoms with Crippen LogP contribution in [0, 0.1) is 0 Å². The number of anilines is 1. The van der Waals surface area contributed by atoms with E-state index in [1.54, 1.807) is 0 Å². The Morgan fingerprint density at radius 3 is 2.42 bits per heavy atom. The maximum absolute atomic E-state index is 2.39. The summed E-state index contributed by atoms with van der Waals surface area (Å²) in [4.78, 5) is 4.72. The van der Waals surface area contributed by atoms with Gasteiger partial charge in [0.25, 0.3) is 0 Å². The molecule has 2 rings (SSSR count). The molecule has 64 valence electrons. The van der Waals surface area contributed by atoms with Gasteiger partial charge >= 0.3 is 0 Å². The summed E-state index contributed by atoms with van der Waals surface area (Å²) in [5, 5.41) is 0. The van der Waals surface area contributed by atoms with Crippen molar-refractivity contribution in [3.8, 4) is 0 Å². The minimum absolute atomic E-state index is 1.06. The topological polar surface area (TPSA) is 6.48 Å². The third-order valence-electron chi connectivity index (χ3n) is 2.29. The highest BCUT2D eigenvalue weighted by Crippen LogP contribution is 2.15. The Hall–Kier alpha value is -1.02. The maximum Gasteiger partial charge on any atom is 0.0705 e. The van der Waals surface area contributed by atoms with Crippen LogP contribution in [0.2, 0.25) is 0 Å². The summed E-state index contributed by atoms with van der Waals surface area (Å²) in [5.41, 5.74) is 1.34. The van der Waals surface area contributed by atoms with Gasteiger partial charge in [0.05, 0.1) is 6.67 Å². The second kappa shape index (κ2) is 3.15. The highest BCUT2D eigenvalue weighted by atomic mass is 15.4. The molecule has 0 radical (unpaired) electrons. The van der Waals surface area contributed by atoms with Gasteiger partial charge in [-0.05, 0) is 19.2 Å². The molecule has 0 saturated carbocycles. The van der Waals surface area contributed by atoms with E-state index in [1.807, 2.05) is 0 Å². The molecule has 12 heavy (non-hydrogen) atoms. The number of benzene rings is 1. The Morgan fingerprint density at radius 1 is 1.08 bits per heavy atom. The molecule has 1 aromatic carbocycles. The van der Waals surface area contributed by atoms with E-state index in [9.17, 15) is 0 Å². The van der Waals surface area contributed by atoms with Crippen LogP contribution < -0.4 is 4.90 Å². The highest BCUT2D eigenvalue weighted by Gasteiger charge is 2.15. The first-order chi connectivity index (χ1) is 5.86. The van der Waals surface area contributed by atoms with Crippen LogP contribution in [0.1, 0.15) is 0 Å². The monoisotopic (exact) mass is 162 g/mol. The number of nitrogens with zero attached hydrogens (tertiary/aromatic N) is 2. The van der Waals surface area contributed by atoms with Crippen molar-refractivity contribution in [2.75, 3.05) is 31.7 Å². The van der Waals surface area contributed by atoms with E-state index in [4.69, 9.17) is 0 Å². The van der Waals surface area contributed by atoms with E-state index in [2.05, 4.69) is 47.2 Å². The van der Waals surface area contributed by atoms with Gasteiger partial charge in [0.2, 0.25) is 0 Å². The van der Waals surface area contributed by atoms with E-state index < -0.39 is 0 Å². The molecule has 1 aromatic rings. The summed E-state index contributed by atoms with van der Waals surface area (Å²) >= 11 is 0. The molecule has 0 aromatic heterocycles. The zero-order valence-electron chi connectivity index (χ0n) is 7.40. The Labute approximate surface area is 73.4 Å². The van der Waals surface area contributed by atoms with Crippen molar-refractivity contribution in [3.05, 3.63) is 30.3 Å². The van der Waals surface area contributed by atoms with Crippen LogP contribution in [-0.2, 0) is 0 Å². The van der Waals surface area contributed by atoms with Gasteiger partial charge in [-0.3, -0.25) is 4.90 Å². The second-order valence-corrected chi connectivity index (χ2v) is 3.32. The van der Waals surface area contributed by atoms with E-state index in [0.29, 0.717) is 0 Å². The predicted molar refractivity (Wildman–Crippen MR) is 51.3 cm³/mol. The fraction of sp³-hybridized carbons (Fsp3) is 0.400. The fourth-order valence-corrected chi connectivity index (χ4v) is 1.57. The third kappa shape index (κ3) is 1.43. The van der Waals surface area contributed by atoms with Crippen molar-refractivity contribution < 1.29 is 0 Å². The van der Waals surface area contributed by atoms with Gasteiger partial charge in [-0.15, -0.1) is 0 Å². The van der Waals surface area contributed by atoms with Gasteiger partial charge in [-0.25, -0.2) is 0 Å². The number of rotatable bonds is 1. The van der Waals surface area contributed by atoms with Crippen LogP contribution in [0.4, 0.5) is 5.69 Å². The first-order valence-corrected chi connectivity index (χ1v) is 4.35. The normalized spacial score (nSPS) is 18.6. The molecule has 0 bridgehead atoms. The zero-order chi connectivity index (χ0) is 8.39. The summed E-state index contributed by atoms with van der Waals surface area (Å²) in [6, 6.07) is 10.6. The van der Waals surface area contributed by atoms with Crippen molar-refractivity contribution in [1.29, 1.82) is 0 Å². The molecule has 2 heteroatoms. The molecule has 1 fully saturated rings. The Balaban J connectivity index is 2.11. The lowest BCUT2D eigenvalue weighted by atomic mass is 10.3. The Morgan fingerprint density at radius 2 is 1.83 bits per heavy atom. The smallest absolute Gasteiger partial charge is 0.0705 e. The second-order valence-electron chi connectivity index (χ2n) is 3.32. The van der Waals surface area contributed by atoms with Gasteiger partial charge in [-0.2, -0.15) is 0 Å². The lowest BCUT2D eigenvalue weighted by Crippen LogP contribution is -2.22. The number of para-hydroxylation sites is 1. The average molecular weight is 162 g/mol. The Bertz CT molecular complexity index is 245. The summed E-state index contributed by atoms with van der Waals surface area (Å²) in [7, 11) is 2.16. The lowest BCUT2D eigenvalue weighted by molar-refractivity contribution is 0.421. The molecule has 1 saturated heterocycles. The van der Waals surface area contributed by atoms with Gasteiger partial charge in [-0.1, -0.05) is 18.2 Å². The van der Waals surface area contributed by atoms with Crippen molar-refractivity contribution >= 4 is 5.69 Å². The van der Waals surface area contributed by atoms with Crippen molar-refractivity contribution in [2.24, 2.45) is 0 Å². The molecule has 1 aliphatic rings. The number of hydrogen-bond acceptors (Lipinski definition) is 2. The van der Waals surface area contributed by atoms with E-state index in [-0.39, 0.29) is 0 Å². The van der Waals surface area contributed by atoms with Crippen LogP contribution in [0.3, 0.4) is 0 Å². The molecule has 0 unspecified atom stereocenters. The standard InChI is InChI=1S/C10H14N2/c1-11-7-8-12(9-11)10-5-3-2-4-6-10/h2-6H,7-9H2,1H3. The van der Waals surface area contributed by atoms with Gasteiger partial charge in [0.1, 0.15) is 0 Å². The number of hydrogen-bond donors (Lipinski definition) is 0. The van der Waals surface area contributed by atoms with Crippen molar-refractivity contribution in [2.45, 2.75) is 0 Å². The molecule has 0 amide bonds. The average Bonchev–Trinajstić information content (AvgIpc) is 2.54. The van der Waals surface area contributed by atoms with E-state index >= 15 is 0 Å². The van der Waals surface area contributed by atoms with E-state index in [0.717, 1.165) is 13.2 Å². The largest absolute Gasteiger partial charge is 0.357 e. The fourth-order valence-electron chi connectivity index (χ4n) is 1.57. The van der Waals surface area contributed by atoms with Crippen LogP contribution in [0.15, 0.2) is 30.3 Å². The molecule has 1 heterocycles. The zero-order valence-corrected chi connectivity index (χ0v) is 7.40. The quantitative estimate of drug-likeness (QED) is 0.616. The Kier molecular flexibility index (Phi) is 2.00. The summed E-state index contributed by atoms with van der Waals surface area (Å²) in [6.45, 7) is 3.39. The molecule has 0 aliphatic carbocycles. The summed E-state index contributed by atoms with van der Waals surface area (Å²) in [6.07, 6.45) is 0. The van der Waals surface area contributed by atoms with Gasteiger partial charge in [0, 0.05) is 18.8 Å². The third-order valence-corrected chi connectivity index (χ3v) is 2.29. The lowest BCUT2D eigenvalue weighted by Gasteiger charge is -2.17. The summed E-state index contributed by atoms with van der Waals surface area (Å²) in [5.74, 6) is 0. The van der Waals surface area contributed by atoms with E-state index in [1.165, 1.54) is 12.2 Å². The minimum Gasteiger partial charge on any atom is -0.357 e. The minimum atomic E-state index is 1.06. The first kappa shape index (κ1) is 7.62. The van der Waals surface area contributed by atoms with Gasteiger partial charge in [0.15, 0.2) is 0 Å². The van der Waals surface area contributed by atoms with Crippen LogP contribution in [-0.4, -0.2) is 31.7 Å². The molecule has 1 aliphatic heterocycles. The number of likely N-dealkylation sites (N-methyl/N-ethyl adjacent to an activating group) is 1. The molecule has 0 N–H and O–H groups in total. The van der Waals surface area contributed by atoms with Crippen LogP contribution in [0.25, 0.3) is 0 Å². The van der Waals surface area contributed by atoms with Gasteiger partial charge < -0.3 is 4.90 Å². The van der Waals surface area contributed by atoms with Crippen LogP contribution >= 0.6 is 0 Å². The van der Waals surface area contributed by atoms with Crippen molar-refractivity contribution in [1.82, 2.24) is 4.90 Å². The molecular formula is C10H14N2.